The first kappa shape index (κ1) is 11.0. The lowest BCUT2D eigenvalue weighted by Gasteiger charge is -2.40. The highest BCUT2D eigenvalue weighted by Gasteiger charge is 2.28. The van der Waals surface area contributed by atoms with Gasteiger partial charge >= 0.3 is 0 Å². The molecule has 0 aromatic rings. The minimum atomic E-state index is 0.325. The number of hydrogen-bond donors (Lipinski definition) is 0. The molecule has 0 aromatic carbocycles. The third kappa shape index (κ3) is 2.75. The van der Waals surface area contributed by atoms with Crippen LogP contribution >= 0.6 is 0 Å². The molecule has 1 aliphatic heterocycles. The number of morpholine rings is 1. The van der Waals surface area contributed by atoms with Gasteiger partial charge in [0.05, 0.1) is 6.54 Å². The molecule has 0 bridgehead atoms. The van der Waals surface area contributed by atoms with Gasteiger partial charge in [0.2, 0.25) is 0 Å². The van der Waals surface area contributed by atoms with Crippen LogP contribution in [0.1, 0.15) is 39.5 Å². The van der Waals surface area contributed by atoms with E-state index in [4.69, 9.17) is 4.74 Å². The topological polar surface area (TPSA) is 12.5 Å². The van der Waals surface area contributed by atoms with Gasteiger partial charge in [0, 0.05) is 12.6 Å². The van der Waals surface area contributed by atoms with Crippen molar-refractivity contribution in [3.05, 3.63) is 12.3 Å². The Kier molecular flexibility index (Phi) is 3.35. The van der Waals surface area contributed by atoms with Crippen LogP contribution in [0.5, 0.6) is 0 Å². The first-order chi connectivity index (χ1) is 7.15. The second-order valence-electron chi connectivity index (χ2n) is 5.31. The second-order valence-corrected chi connectivity index (χ2v) is 5.31. The largest absolute Gasteiger partial charge is 0.493 e. The molecule has 2 fully saturated rings. The van der Waals surface area contributed by atoms with Gasteiger partial charge in [-0.25, -0.2) is 0 Å². The zero-order valence-electron chi connectivity index (χ0n) is 10.0. The first-order valence-electron chi connectivity index (χ1n) is 6.23. The highest BCUT2D eigenvalue weighted by Crippen LogP contribution is 2.29. The van der Waals surface area contributed by atoms with Crippen molar-refractivity contribution < 1.29 is 4.74 Å². The van der Waals surface area contributed by atoms with E-state index >= 15 is 0 Å². The maximum absolute atomic E-state index is 5.59. The average Bonchev–Trinajstić information content (AvgIpc) is 2.17. The molecule has 0 unspecified atom stereocenters. The average molecular weight is 209 g/mol. The number of hydrogen-bond acceptors (Lipinski definition) is 2. The van der Waals surface area contributed by atoms with Gasteiger partial charge in [0.1, 0.15) is 11.9 Å². The Labute approximate surface area is 93.3 Å². The van der Waals surface area contributed by atoms with Crippen molar-refractivity contribution in [3.63, 3.8) is 0 Å². The summed E-state index contributed by atoms with van der Waals surface area (Å²) < 4.78 is 5.59. The van der Waals surface area contributed by atoms with Crippen LogP contribution in [0.15, 0.2) is 12.3 Å². The minimum Gasteiger partial charge on any atom is -0.493 e. The van der Waals surface area contributed by atoms with Gasteiger partial charge in [0.15, 0.2) is 0 Å². The Morgan fingerprint density at radius 2 is 1.87 bits per heavy atom. The van der Waals surface area contributed by atoms with E-state index in [1.807, 2.05) is 0 Å². The third-order valence-electron chi connectivity index (χ3n) is 3.74. The van der Waals surface area contributed by atoms with E-state index in [0.29, 0.717) is 6.10 Å². The smallest absolute Gasteiger partial charge is 0.108 e. The molecular weight excluding hydrogens is 186 g/mol. The quantitative estimate of drug-likeness (QED) is 0.658. The molecule has 0 amide bonds. The predicted molar refractivity (Wildman–Crippen MR) is 62.7 cm³/mol. The maximum atomic E-state index is 5.59. The molecule has 2 rings (SSSR count). The SMILES string of the molecule is C=C1CN(C2CCC(C)CC2)C[C@H](C)O1. The van der Waals surface area contributed by atoms with E-state index in [2.05, 4.69) is 25.3 Å². The molecule has 1 saturated heterocycles. The minimum absolute atomic E-state index is 0.325. The molecule has 2 aliphatic rings. The van der Waals surface area contributed by atoms with Crippen molar-refractivity contribution in [2.24, 2.45) is 5.92 Å². The summed E-state index contributed by atoms with van der Waals surface area (Å²) in [4.78, 5) is 2.57. The first-order valence-corrected chi connectivity index (χ1v) is 6.23. The number of rotatable bonds is 1. The molecule has 1 aliphatic carbocycles. The molecule has 15 heavy (non-hydrogen) atoms. The fraction of sp³-hybridized carbons (Fsp3) is 0.846. The maximum Gasteiger partial charge on any atom is 0.108 e. The standard InChI is InChI=1S/C13H23NO/c1-10-4-6-13(7-5-10)14-8-11(2)15-12(3)9-14/h10,12-13H,2,4-9H2,1,3H3/t10?,12-,13?/m0/s1. The highest BCUT2D eigenvalue weighted by molar-refractivity contribution is 4.95. The van der Waals surface area contributed by atoms with E-state index in [9.17, 15) is 0 Å². The number of ether oxygens (including phenoxy) is 1. The second kappa shape index (κ2) is 4.56. The highest BCUT2D eigenvalue weighted by atomic mass is 16.5. The van der Waals surface area contributed by atoms with Gasteiger partial charge in [0.25, 0.3) is 0 Å². The summed E-state index contributed by atoms with van der Waals surface area (Å²) in [6.07, 6.45) is 5.83. The van der Waals surface area contributed by atoms with E-state index in [-0.39, 0.29) is 0 Å². The Morgan fingerprint density at radius 1 is 1.20 bits per heavy atom. The fourth-order valence-corrected chi connectivity index (χ4v) is 2.87. The summed E-state index contributed by atoms with van der Waals surface area (Å²) in [5.41, 5.74) is 0. The molecule has 2 heteroatoms. The van der Waals surface area contributed by atoms with E-state index < -0.39 is 0 Å². The number of nitrogens with zero attached hydrogens (tertiary/aromatic N) is 1. The van der Waals surface area contributed by atoms with Crippen LogP contribution in [0.4, 0.5) is 0 Å². The normalized spacial score (nSPS) is 38.8. The summed E-state index contributed by atoms with van der Waals surface area (Å²) in [6.45, 7) is 10.5. The van der Waals surface area contributed by atoms with E-state index in [1.54, 1.807) is 0 Å². The molecule has 1 atom stereocenters. The van der Waals surface area contributed by atoms with Crippen LogP contribution in [0.2, 0.25) is 0 Å². The Bertz CT molecular complexity index is 231. The summed E-state index contributed by atoms with van der Waals surface area (Å²) in [5.74, 6) is 1.88. The lowest BCUT2D eigenvalue weighted by atomic mass is 9.86. The van der Waals surface area contributed by atoms with Crippen molar-refractivity contribution in [1.29, 1.82) is 0 Å². The molecule has 0 spiro atoms. The van der Waals surface area contributed by atoms with Crippen LogP contribution in [0.25, 0.3) is 0 Å². The van der Waals surface area contributed by atoms with Crippen molar-refractivity contribution in [1.82, 2.24) is 4.90 Å². The molecule has 1 heterocycles. The third-order valence-corrected chi connectivity index (χ3v) is 3.74. The van der Waals surface area contributed by atoms with Crippen LogP contribution in [-0.4, -0.2) is 30.1 Å². The monoisotopic (exact) mass is 209 g/mol. The van der Waals surface area contributed by atoms with Crippen molar-refractivity contribution in [3.8, 4) is 0 Å². The van der Waals surface area contributed by atoms with Gasteiger partial charge in [-0.2, -0.15) is 0 Å². The lowest BCUT2D eigenvalue weighted by Crippen LogP contribution is -2.46. The zero-order chi connectivity index (χ0) is 10.8. The van der Waals surface area contributed by atoms with Crippen molar-refractivity contribution in [2.75, 3.05) is 13.1 Å². The summed E-state index contributed by atoms with van der Waals surface area (Å²) in [6, 6.07) is 0.782. The van der Waals surface area contributed by atoms with Crippen LogP contribution in [0.3, 0.4) is 0 Å². The van der Waals surface area contributed by atoms with Crippen molar-refractivity contribution >= 4 is 0 Å². The van der Waals surface area contributed by atoms with Gasteiger partial charge in [-0.1, -0.05) is 13.5 Å². The van der Waals surface area contributed by atoms with Gasteiger partial charge in [-0.3, -0.25) is 4.90 Å². The Morgan fingerprint density at radius 3 is 2.47 bits per heavy atom. The summed E-state index contributed by atoms with van der Waals surface area (Å²) >= 11 is 0. The van der Waals surface area contributed by atoms with Crippen LogP contribution < -0.4 is 0 Å². The van der Waals surface area contributed by atoms with Crippen LogP contribution in [0, 0.1) is 5.92 Å². The Balaban J connectivity index is 1.89. The van der Waals surface area contributed by atoms with E-state index in [1.165, 1.54) is 25.7 Å². The summed E-state index contributed by atoms with van der Waals surface area (Å²) in [7, 11) is 0. The molecule has 1 saturated carbocycles. The molecule has 0 aromatic heterocycles. The van der Waals surface area contributed by atoms with Crippen molar-refractivity contribution in [2.45, 2.75) is 51.7 Å². The van der Waals surface area contributed by atoms with Gasteiger partial charge in [-0.05, 0) is 38.5 Å². The summed E-state index contributed by atoms with van der Waals surface area (Å²) in [5, 5.41) is 0. The van der Waals surface area contributed by atoms with E-state index in [0.717, 1.165) is 30.8 Å². The lowest BCUT2D eigenvalue weighted by molar-refractivity contribution is 0.00372. The zero-order valence-corrected chi connectivity index (χ0v) is 10.0. The predicted octanol–water partition coefficient (Wildman–Crippen LogP) is 2.80. The van der Waals surface area contributed by atoms with Gasteiger partial charge in [-0.15, -0.1) is 0 Å². The molecule has 0 radical (unpaired) electrons. The Hall–Kier alpha value is -0.500. The molecule has 0 N–H and O–H groups in total. The molecule has 86 valence electrons. The molecule has 2 nitrogen and oxygen atoms in total. The fourth-order valence-electron chi connectivity index (χ4n) is 2.87. The van der Waals surface area contributed by atoms with Crippen LogP contribution in [-0.2, 0) is 4.74 Å². The van der Waals surface area contributed by atoms with Gasteiger partial charge < -0.3 is 4.74 Å². The molecular formula is C13H23NO.